The third-order valence-corrected chi connectivity index (χ3v) is 5.98. The summed E-state index contributed by atoms with van der Waals surface area (Å²) in [6, 6.07) is 4.38. The zero-order chi connectivity index (χ0) is 17.3. The van der Waals surface area contributed by atoms with Crippen LogP contribution < -0.4 is 14.2 Å². The molecule has 0 radical (unpaired) electrons. The van der Waals surface area contributed by atoms with Gasteiger partial charge in [0, 0.05) is 19.0 Å². The predicted octanol–water partition coefficient (Wildman–Crippen LogP) is 1.40. The minimum atomic E-state index is -3.70. The number of hydrogen-bond acceptors (Lipinski definition) is 7. The van der Waals surface area contributed by atoms with Gasteiger partial charge in [0.05, 0.1) is 15.6 Å². The van der Waals surface area contributed by atoms with Crippen molar-refractivity contribution in [1.29, 1.82) is 0 Å². The van der Waals surface area contributed by atoms with Crippen molar-refractivity contribution in [2.45, 2.75) is 18.2 Å². The molecule has 1 aliphatic heterocycles. The van der Waals surface area contributed by atoms with E-state index in [4.69, 9.17) is 14.6 Å². The lowest BCUT2D eigenvalue weighted by atomic mass is 10.3. The number of ether oxygens (including phenoxy) is 2. The summed E-state index contributed by atoms with van der Waals surface area (Å²) < 4.78 is 37.3. The molecule has 0 aliphatic carbocycles. The summed E-state index contributed by atoms with van der Waals surface area (Å²) in [6.45, 7) is 1.80. The number of carbonyl (C=O) groups is 1. The van der Waals surface area contributed by atoms with E-state index in [0.717, 1.165) is 11.3 Å². The van der Waals surface area contributed by atoms with Crippen molar-refractivity contribution in [2.24, 2.45) is 0 Å². The Morgan fingerprint density at radius 2 is 2.12 bits per heavy atom. The molecule has 1 aromatic heterocycles. The second kappa shape index (κ2) is 6.38. The van der Waals surface area contributed by atoms with Crippen LogP contribution in [-0.4, -0.2) is 37.8 Å². The minimum absolute atomic E-state index is 0.0710. The Morgan fingerprint density at radius 1 is 1.38 bits per heavy atom. The molecule has 2 heterocycles. The van der Waals surface area contributed by atoms with Crippen LogP contribution in [0.2, 0.25) is 0 Å². The van der Waals surface area contributed by atoms with Crippen LogP contribution in [0.5, 0.6) is 11.5 Å². The molecule has 2 N–H and O–H groups in total. The molecular weight excluding hydrogens is 356 g/mol. The van der Waals surface area contributed by atoms with Gasteiger partial charge >= 0.3 is 5.97 Å². The molecular formula is C14H14N2O6S2. The average Bonchev–Trinajstić information content (AvgIpc) is 3.12. The molecule has 1 aliphatic rings. The summed E-state index contributed by atoms with van der Waals surface area (Å²) in [7, 11) is -3.70. The van der Waals surface area contributed by atoms with Crippen LogP contribution in [0.1, 0.15) is 20.4 Å². The van der Waals surface area contributed by atoms with Gasteiger partial charge in [-0.1, -0.05) is 0 Å². The number of nitrogens with one attached hydrogen (secondary N) is 1. The van der Waals surface area contributed by atoms with Crippen molar-refractivity contribution in [2.75, 3.05) is 13.3 Å². The fourth-order valence-electron chi connectivity index (χ4n) is 2.18. The number of benzene rings is 1. The Labute approximate surface area is 142 Å². The van der Waals surface area contributed by atoms with Crippen LogP contribution >= 0.6 is 11.3 Å². The van der Waals surface area contributed by atoms with Gasteiger partial charge in [0.1, 0.15) is 4.88 Å². The molecule has 0 fully saturated rings. The Kier molecular flexibility index (Phi) is 4.43. The van der Waals surface area contributed by atoms with E-state index in [0.29, 0.717) is 28.6 Å². The van der Waals surface area contributed by atoms with E-state index >= 15 is 0 Å². The first-order valence-electron chi connectivity index (χ1n) is 6.96. The third-order valence-electron chi connectivity index (χ3n) is 3.32. The van der Waals surface area contributed by atoms with Gasteiger partial charge in [-0.25, -0.2) is 22.9 Å². The topological polar surface area (TPSA) is 115 Å². The molecule has 0 amide bonds. The quantitative estimate of drug-likeness (QED) is 0.790. The van der Waals surface area contributed by atoms with Gasteiger partial charge in [-0.3, -0.25) is 0 Å². The lowest BCUT2D eigenvalue weighted by Gasteiger charge is -2.06. The third kappa shape index (κ3) is 3.35. The highest BCUT2D eigenvalue weighted by Gasteiger charge is 2.20. The van der Waals surface area contributed by atoms with E-state index in [1.54, 1.807) is 13.0 Å². The van der Waals surface area contributed by atoms with Gasteiger partial charge in [-0.15, -0.1) is 11.3 Å². The maximum absolute atomic E-state index is 12.3. The van der Waals surface area contributed by atoms with Gasteiger partial charge in [-0.05, 0) is 19.1 Å². The van der Waals surface area contributed by atoms with Crippen molar-refractivity contribution >= 4 is 27.3 Å². The summed E-state index contributed by atoms with van der Waals surface area (Å²) in [5.41, 5.74) is 0.432. The first-order chi connectivity index (χ1) is 11.4. The molecule has 0 saturated carbocycles. The first kappa shape index (κ1) is 16.7. The molecule has 0 spiro atoms. The number of rotatable bonds is 6. The summed E-state index contributed by atoms with van der Waals surface area (Å²) in [4.78, 5) is 15.4. The first-order valence-corrected chi connectivity index (χ1v) is 9.26. The largest absolute Gasteiger partial charge is 0.477 e. The van der Waals surface area contributed by atoms with E-state index in [1.807, 2.05) is 0 Å². The van der Waals surface area contributed by atoms with Gasteiger partial charge in [0.2, 0.25) is 16.8 Å². The number of carboxylic acid groups (broad SMARTS) is 1. The molecule has 0 saturated heterocycles. The molecule has 10 heteroatoms. The molecule has 0 unspecified atom stereocenters. The molecule has 1 aromatic carbocycles. The number of hydrogen-bond donors (Lipinski definition) is 2. The Bertz CT molecular complexity index is 891. The van der Waals surface area contributed by atoms with Crippen molar-refractivity contribution in [3.05, 3.63) is 33.8 Å². The van der Waals surface area contributed by atoms with E-state index in [-0.39, 0.29) is 23.1 Å². The Hall–Kier alpha value is -2.17. The Balaban J connectivity index is 1.65. The highest BCUT2D eigenvalue weighted by atomic mass is 32.2. The van der Waals surface area contributed by atoms with Crippen molar-refractivity contribution in [3.8, 4) is 11.5 Å². The number of fused-ring (bicyclic) bond motifs is 1. The monoisotopic (exact) mass is 370 g/mol. The molecule has 3 rings (SSSR count). The van der Waals surface area contributed by atoms with Crippen LogP contribution in [0.15, 0.2) is 23.1 Å². The lowest BCUT2D eigenvalue weighted by Crippen LogP contribution is -2.25. The molecule has 8 nitrogen and oxygen atoms in total. The summed E-state index contributed by atoms with van der Waals surface area (Å²) in [5.74, 6) is -0.134. The molecule has 0 atom stereocenters. The number of carboxylic acids is 1. The van der Waals surface area contributed by atoms with Gasteiger partial charge < -0.3 is 14.6 Å². The second-order valence-corrected chi connectivity index (χ2v) is 7.84. The van der Waals surface area contributed by atoms with E-state index in [9.17, 15) is 13.2 Å². The van der Waals surface area contributed by atoms with Crippen LogP contribution in [-0.2, 0) is 16.4 Å². The van der Waals surface area contributed by atoms with Crippen LogP contribution in [0.4, 0.5) is 0 Å². The number of aromatic carboxylic acids is 1. The zero-order valence-electron chi connectivity index (χ0n) is 12.6. The van der Waals surface area contributed by atoms with Crippen molar-refractivity contribution < 1.29 is 27.8 Å². The highest BCUT2D eigenvalue weighted by Crippen LogP contribution is 2.33. The molecule has 2 aromatic rings. The van der Waals surface area contributed by atoms with Crippen molar-refractivity contribution in [3.63, 3.8) is 0 Å². The summed E-state index contributed by atoms with van der Waals surface area (Å²) >= 11 is 1.05. The van der Waals surface area contributed by atoms with Crippen LogP contribution in [0.25, 0.3) is 0 Å². The maximum atomic E-state index is 12.3. The number of aryl methyl sites for hydroxylation is 1. The van der Waals surface area contributed by atoms with Crippen LogP contribution in [0.3, 0.4) is 0 Å². The smallest absolute Gasteiger partial charge is 0.347 e. The normalized spacial score (nSPS) is 13.2. The fraction of sp³-hybridized carbons (Fsp3) is 0.286. The van der Waals surface area contributed by atoms with E-state index in [1.165, 1.54) is 12.1 Å². The average molecular weight is 370 g/mol. The SMILES string of the molecule is Cc1nc(CCNS(=O)(=O)c2ccc3c(c2)OCO3)sc1C(=O)O. The van der Waals surface area contributed by atoms with Gasteiger partial charge in [0.25, 0.3) is 0 Å². The second-order valence-electron chi connectivity index (χ2n) is 4.99. The predicted molar refractivity (Wildman–Crippen MR) is 85.3 cm³/mol. The van der Waals surface area contributed by atoms with Crippen LogP contribution in [0, 0.1) is 6.92 Å². The molecule has 128 valence electrons. The number of thiazole rings is 1. The minimum Gasteiger partial charge on any atom is -0.477 e. The van der Waals surface area contributed by atoms with Crippen molar-refractivity contribution in [1.82, 2.24) is 9.71 Å². The standard InChI is InChI=1S/C14H14N2O6S2/c1-8-13(14(17)18)23-12(16-8)4-5-15-24(19,20)9-2-3-10-11(6-9)22-7-21-10/h2-3,6,15H,4-5,7H2,1H3,(H,17,18). The zero-order valence-corrected chi connectivity index (χ0v) is 14.2. The highest BCUT2D eigenvalue weighted by molar-refractivity contribution is 7.89. The lowest BCUT2D eigenvalue weighted by molar-refractivity contribution is 0.0701. The van der Waals surface area contributed by atoms with Gasteiger partial charge in [-0.2, -0.15) is 0 Å². The van der Waals surface area contributed by atoms with Gasteiger partial charge in [0.15, 0.2) is 11.5 Å². The van der Waals surface area contributed by atoms with E-state index in [2.05, 4.69) is 9.71 Å². The summed E-state index contributed by atoms with van der Waals surface area (Å²) in [5, 5.41) is 9.56. The number of aromatic nitrogens is 1. The Morgan fingerprint density at radius 3 is 2.83 bits per heavy atom. The molecule has 24 heavy (non-hydrogen) atoms. The van der Waals surface area contributed by atoms with E-state index < -0.39 is 16.0 Å². The molecule has 0 bridgehead atoms. The maximum Gasteiger partial charge on any atom is 0.347 e. The number of nitrogens with zero attached hydrogens (tertiary/aromatic N) is 1. The summed E-state index contributed by atoms with van der Waals surface area (Å²) in [6.07, 6.45) is 0.308. The fourth-order valence-corrected chi connectivity index (χ4v) is 4.13. The number of sulfonamides is 1.